The molecule has 0 amide bonds. The second kappa shape index (κ2) is 6.98. The van der Waals surface area contributed by atoms with E-state index in [1.807, 2.05) is 30.3 Å². The molecular weight excluding hydrogens is 194 g/mol. The fourth-order valence-corrected chi connectivity index (χ4v) is 0.949. The summed E-state index contributed by atoms with van der Waals surface area (Å²) in [5.74, 6) is -1.04. The zero-order chi connectivity index (χ0) is 10.4. The lowest BCUT2D eigenvalue weighted by atomic mass is 10.2. The van der Waals surface area contributed by atoms with E-state index in [1.165, 1.54) is 0 Å². The largest absolute Gasteiger partial charge is 0.480 e. The van der Waals surface area contributed by atoms with E-state index in [1.54, 1.807) is 0 Å². The summed E-state index contributed by atoms with van der Waals surface area (Å²) in [4.78, 5) is 10.3. The number of benzene rings is 1. The van der Waals surface area contributed by atoms with Crippen LogP contribution in [0.15, 0.2) is 30.3 Å². The van der Waals surface area contributed by atoms with Gasteiger partial charge in [0, 0.05) is 0 Å². The molecule has 0 spiro atoms. The molecule has 0 heterocycles. The summed E-state index contributed by atoms with van der Waals surface area (Å²) in [6.45, 7) is 0.423. The maximum atomic E-state index is 10.3. The average Bonchev–Trinajstić information content (AvgIpc) is 2.19. The second-order valence-electron chi connectivity index (χ2n) is 2.95. The summed E-state index contributed by atoms with van der Waals surface area (Å²) >= 11 is 0. The first-order valence-electron chi connectivity index (χ1n) is 4.30. The summed E-state index contributed by atoms with van der Waals surface area (Å²) in [6, 6.07) is 8.58. The molecule has 0 aliphatic carbocycles. The smallest absolute Gasteiger partial charge is 0.322 e. The molecule has 1 atom stereocenters. The van der Waals surface area contributed by atoms with E-state index in [4.69, 9.17) is 15.6 Å². The summed E-state index contributed by atoms with van der Waals surface area (Å²) in [5, 5.41) is 8.47. The Hall–Kier alpha value is -1.39. The SMILES string of the molecule is C.N[C@H](COCc1ccccc1)C(=O)O. The molecule has 0 saturated heterocycles. The van der Waals surface area contributed by atoms with Gasteiger partial charge in [-0.25, -0.2) is 0 Å². The average molecular weight is 211 g/mol. The zero-order valence-corrected chi connectivity index (χ0v) is 7.72. The predicted octanol–water partition coefficient (Wildman–Crippen LogP) is 1.25. The minimum Gasteiger partial charge on any atom is -0.480 e. The molecule has 0 radical (unpaired) electrons. The van der Waals surface area contributed by atoms with Crippen molar-refractivity contribution in [3.8, 4) is 0 Å². The maximum absolute atomic E-state index is 10.3. The Morgan fingerprint density at radius 3 is 2.53 bits per heavy atom. The Balaban J connectivity index is 0.00000196. The van der Waals surface area contributed by atoms with Gasteiger partial charge in [-0.3, -0.25) is 4.79 Å². The lowest BCUT2D eigenvalue weighted by Gasteiger charge is -2.07. The molecule has 0 aliphatic heterocycles. The van der Waals surface area contributed by atoms with E-state index in [0.717, 1.165) is 5.56 Å². The van der Waals surface area contributed by atoms with Gasteiger partial charge in [-0.05, 0) is 5.56 Å². The van der Waals surface area contributed by atoms with Crippen molar-refractivity contribution in [2.24, 2.45) is 5.73 Å². The summed E-state index contributed by atoms with van der Waals surface area (Å²) in [5.41, 5.74) is 6.26. The van der Waals surface area contributed by atoms with E-state index in [-0.39, 0.29) is 14.0 Å². The number of aliphatic carboxylic acids is 1. The number of ether oxygens (including phenoxy) is 1. The van der Waals surface area contributed by atoms with Crippen molar-refractivity contribution in [2.75, 3.05) is 6.61 Å². The third-order valence-corrected chi connectivity index (χ3v) is 1.73. The number of carboxylic acid groups (broad SMARTS) is 1. The van der Waals surface area contributed by atoms with Crippen LogP contribution in [0.25, 0.3) is 0 Å². The highest BCUT2D eigenvalue weighted by Crippen LogP contribution is 2.00. The number of rotatable bonds is 5. The van der Waals surface area contributed by atoms with Gasteiger partial charge in [-0.1, -0.05) is 37.8 Å². The zero-order valence-electron chi connectivity index (χ0n) is 7.72. The molecule has 1 rings (SSSR count). The molecule has 3 N–H and O–H groups in total. The van der Waals surface area contributed by atoms with Crippen LogP contribution in [0.2, 0.25) is 0 Å². The fourth-order valence-electron chi connectivity index (χ4n) is 0.949. The van der Waals surface area contributed by atoms with Gasteiger partial charge in [0.1, 0.15) is 6.04 Å². The van der Waals surface area contributed by atoms with Gasteiger partial charge < -0.3 is 15.6 Å². The number of nitrogens with two attached hydrogens (primary N) is 1. The molecule has 4 nitrogen and oxygen atoms in total. The number of hydrogen-bond donors (Lipinski definition) is 2. The molecule has 4 heteroatoms. The topological polar surface area (TPSA) is 72.5 Å². The van der Waals surface area contributed by atoms with Crippen LogP contribution in [-0.4, -0.2) is 23.7 Å². The second-order valence-corrected chi connectivity index (χ2v) is 2.95. The van der Waals surface area contributed by atoms with Gasteiger partial charge in [0.05, 0.1) is 13.2 Å². The molecular formula is C11H17NO3. The third kappa shape index (κ3) is 5.15. The van der Waals surface area contributed by atoms with E-state index < -0.39 is 12.0 Å². The first-order chi connectivity index (χ1) is 6.70. The lowest BCUT2D eigenvalue weighted by Crippen LogP contribution is -2.34. The minimum atomic E-state index is -1.04. The molecule has 0 unspecified atom stereocenters. The van der Waals surface area contributed by atoms with Crippen molar-refractivity contribution in [3.63, 3.8) is 0 Å². The molecule has 0 aliphatic rings. The Morgan fingerprint density at radius 1 is 1.40 bits per heavy atom. The van der Waals surface area contributed by atoms with Crippen molar-refractivity contribution in [1.29, 1.82) is 0 Å². The molecule has 1 aromatic carbocycles. The van der Waals surface area contributed by atoms with Gasteiger partial charge >= 0.3 is 5.97 Å². The molecule has 0 aromatic heterocycles. The third-order valence-electron chi connectivity index (χ3n) is 1.73. The highest BCUT2D eigenvalue weighted by molar-refractivity contribution is 5.73. The summed E-state index contributed by atoms with van der Waals surface area (Å²) in [6.07, 6.45) is 0. The van der Waals surface area contributed by atoms with Crippen LogP contribution < -0.4 is 5.73 Å². The Kier molecular flexibility index (Phi) is 6.33. The lowest BCUT2D eigenvalue weighted by molar-refractivity contribution is -0.140. The highest BCUT2D eigenvalue weighted by Gasteiger charge is 2.10. The van der Waals surface area contributed by atoms with Crippen molar-refractivity contribution in [3.05, 3.63) is 35.9 Å². The minimum absolute atomic E-state index is 0. The highest BCUT2D eigenvalue weighted by atomic mass is 16.5. The predicted molar refractivity (Wildman–Crippen MR) is 58.4 cm³/mol. The first kappa shape index (κ1) is 13.6. The molecule has 1 aromatic rings. The number of carbonyl (C=O) groups is 1. The van der Waals surface area contributed by atoms with Crippen LogP contribution in [0.5, 0.6) is 0 Å². The van der Waals surface area contributed by atoms with Crippen LogP contribution in [-0.2, 0) is 16.1 Å². The molecule has 0 bridgehead atoms. The first-order valence-corrected chi connectivity index (χ1v) is 4.30. The standard InChI is InChI=1S/C10H13NO3.CH4/c11-9(10(12)13)7-14-6-8-4-2-1-3-5-8;/h1-5,9H,6-7,11H2,(H,12,13);1H4/t9-;/m1./s1. The maximum Gasteiger partial charge on any atom is 0.322 e. The quantitative estimate of drug-likeness (QED) is 0.768. The van der Waals surface area contributed by atoms with Crippen molar-refractivity contribution in [1.82, 2.24) is 0 Å². The number of hydrogen-bond acceptors (Lipinski definition) is 3. The Labute approximate surface area is 89.7 Å². The van der Waals surface area contributed by atoms with Crippen LogP contribution in [0.3, 0.4) is 0 Å². The molecule has 0 saturated carbocycles. The van der Waals surface area contributed by atoms with E-state index in [2.05, 4.69) is 0 Å². The van der Waals surface area contributed by atoms with Crippen LogP contribution in [0.4, 0.5) is 0 Å². The van der Waals surface area contributed by atoms with E-state index in [0.29, 0.717) is 6.61 Å². The van der Waals surface area contributed by atoms with Crippen LogP contribution in [0, 0.1) is 0 Å². The van der Waals surface area contributed by atoms with Crippen molar-refractivity contribution < 1.29 is 14.6 Å². The van der Waals surface area contributed by atoms with Gasteiger partial charge in [0.25, 0.3) is 0 Å². The summed E-state index contributed by atoms with van der Waals surface area (Å²) < 4.78 is 5.14. The van der Waals surface area contributed by atoms with Crippen molar-refractivity contribution in [2.45, 2.75) is 20.1 Å². The molecule has 84 valence electrons. The Morgan fingerprint density at radius 2 is 2.00 bits per heavy atom. The van der Waals surface area contributed by atoms with Crippen LogP contribution >= 0.6 is 0 Å². The van der Waals surface area contributed by atoms with Crippen LogP contribution in [0.1, 0.15) is 13.0 Å². The van der Waals surface area contributed by atoms with Crippen molar-refractivity contribution >= 4 is 5.97 Å². The fraction of sp³-hybridized carbons (Fsp3) is 0.364. The Bertz CT molecular complexity index is 287. The van der Waals surface area contributed by atoms with Gasteiger partial charge in [0.2, 0.25) is 0 Å². The van der Waals surface area contributed by atoms with Gasteiger partial charge in [-0.15, -0.1) is 0 Å². The van der Waals surface area contributed by atoms with E-state index >= 15 is 0 Å². The van der Waals surface area contributed by atoms with Gasteiger partial charge in [-0.2, -0.15) is 0 Å². The molecule has 0 fully saturated rings. The van der Waals surface area contributed by atoms with Gasteiger partial charge in [0.15, 0.2) is 0 Å². The summed E-state index contributed by atoms with van der Waals surface area (Å²) in [7, 11) is 0. The number of carboxylic acids is 1. The monoisotopic (exact) mass is 211 g/mol. The van der Waals surface area contributed by atoms with E-state index in [9.17, 15) is 4.79 Å². The molecule has 15 heavy (non-hydrogen) atoms. The normalized spacial score (nSPS) is 11.5.